The minimum atomic E-state index is -0.523. The number of nitrogens with zero attached hydrogens (tertiary/aromatic N) is 2. The lowest BCUT2D eigenvalue weighted by Crippen LogP contribution is -2.47. The Morgan fingerprint density at radius 1 is 1.03 bits per heavy atom. The fourth-order valence-corrected chi connectivity index (χ4v) is 5.26. The SMILES string of the molecule is Oc1ccc2scc(C(O)CCN3CCN(c4cccc5c4OCCO5)CC3)c2c1. The zero-order chi connectivity index (χ0) is 20.5. The highest BCUT2D eigenvalue weighted by Crippen LogP contribution is 2.40. The number of fused-ring (bicyclic) bond motifs is 2. The van der Waals surface area contributed by atoms with Crippen molar-refractivity contribution in [3.8, 4) is 17.2 Å². The third-order valence-corrected chi connectivity index (χ3v) is 6.90. The largest absolute Gasteiger partial charge is 0.508 e. The predicted molar refractivity (Wildman–Crippen MR) is 119 cm³/mol. The molecule has 158 valence electrons. The number of aliphatic hydroxyl groups is 1. The van der Waals surface area contributed by atoms with Crippen LogP contribution >= 0.6 is 11.3 Å². The summed E-state index contributed by atoms with van der Waals surface area (Å²) in [5.41, 5.74) is 2.02. The topological polar surface area (TPSA) is 65.4 Å². The maximum Gasteiger partial charge on any atom is 0.184 e. The molecule has 1 fully saturated rings. The van der Waals surface area contributed by atoms with Crippen LogP contribution in [0, 0.1) is 0 Å². The number of piperazine rings is 1. The second-order valence-electron chi connectivity index (χ2n) is 7.81. The Hall–Kier alpha value is -2.48. The van der Waals surface area contributed by atoms with Crippen molar-refractivity contribution in [3.05, 3.63) is 47.3 Å². The van der Waals surface area contributed by atoms with Crippen molar-refractivity contribution in [1.82, 2.24) is 4.90 Å². The summed E-state index contributed by atoms with van der Waals surface area (Å²) in [6, 6.07) is 11.4. The quantitative estimate of drug-likeness (QED) is 0.650. The number of phenolic OH excluding ortho intramolecular Hbond substituents is 1. The normalized spacial score (nSPS) is 18.0. The van der Waals surface area contributed by atoms with Crippen LogP contribution in [0.3, 0.4) is 0 Å². The third-order valence-electron chi connectivity index (χ3n) is 5.92. The van der Waals surface area contributed by atoms with Crippen molar-refractivity contribution in [2.45, 2.75) is 12.5 Å². The highest BCUT2D eigenvalue weighted by atomic mass is 32.1. The van der Waals surface area contributed by atoms with E-state index in [4.69, 9.17) is 9.47 Å². The Bertz CT molecular complexity index is 1030. The number of hydrogen-bond donors (Lipinski definition) is 2. The summed E-state index contributed by atoms with van der Waals surface area (Å²) in [5, 5.41) is 23.5. The molecule has 2 N–H and O–H groups in total. The molecule has 1 unspecified atom stereocenters. The van der Waals surface area contributed by atoms with Crippen molar-refractivity contribution in [3.63, 3.8) is 0 Å². The standard InChI is InChI=1S/C23H26N2O4S/c26-16-4-5-22-17(14-16)18(15-30-22)20(27)6-7-24-8-10-25(11-9-24)19-2-1-3-21-23(19)29-13-12-28-21/h1-5,14-15,20,26-27H,6-13H2. The number of aliphatic hydroxyl groups excluding tert-OH is 1. The van der Waals surface area contributed by atoms with Crippen LogP contribution < -0.4 is 14.4 Å². The average molecular weight is 427 g/mol. The van der Waals surface area contributed by atoms with E-state index in [1.165, 1.54) is 0 Å². The van der Waals surface area contributed by atoms with Crippen LogP contribution in [0.1, 0.15) is 18.1 Å². The number of rotatable bonds is 5. The fraction of sp³-hybridized carbons (Fsp3) is 0.391. The highest BCUT2D eigenvalue weighted by molar-refractivity contribution is 7.17. The van der Waals surface area contributed by atoms with Crippen molar-refractivity contribution in [2.24, 2.45) is 0 Å². The zero-order valence-corrected chi connectivity index (χ0v) is 17.6. The van der Waals surface area contributed by atoms with Crippen LogP contribution in [0.15, 0.2) is 41.8 Å². The van der Waals surface area contributed by atoms with E-state index in [1.807, 2.05) is 23.6 Å². The minimum absolute atomic E-state index is 0.239. The monoisotopic (exact) mass is 426 g/mol. The molecule has 7 heteroatoms. The predicted octanol–water partition coefficient (Wildman–Crippen LogP) is 3.62. The van der Waals surface area contributed by atoms with Crippen LogP contribution in [0.25, 0.3) is 10.1 Å². The van der Waals surface area contributed by atoms with Gasteiger partial charge in [0.2, 0.25) is 0 Å². The van der Waals surface area contributed by atoms with Gasteiger partial charge in [-0.15, -0.1) is 11.3 Å². The van der Waals surface area contributed by atoms with E-state index in [0.717, 1.165) is 65.6 Å². The molecule has 3 aromatic rings. The Kier molecular flexibility index (Phi) is 5.41. The van der Waals surface area contributed by atoms with Gasteiger partial charge in [0, 0.05) is 42.8 Å². The number of thiophene rings is 1. The molecule has 2 aliphatic rings. The first-order valence-electron chi connectivity index (χ1n) is 10.4. The first-order valence-corrected chi connectivity index (χ1v) is 11.3. The molecule has 0 bridgehead atoms. The molecular weight excluding hydrogens is 400 g/mol. The van der Waals surface area contributed by atoms with Gasteiger partial charge in [-0.25, -0.2) is 0 Å². The fourth-order valence-electron chi connectivity index (χ4n) is 4.27. The van der Waals surface area contributed by atoms with E-state index in [9.17, 15) is 10.2 Å². The van der Waals surface area contributed by atoms with Gasteiger partial charge in [-0.05, 0) is 47.7 Å². The Labute approximate surface area is 179 Å². The number of para-hydroxylation sites is 1. The van der Waals surface area contributed by atoms with Gasteiger partial charge in [-0.2, -0.15) is 0 Å². The average Bonchev–Trinajstić information content (AvgIpc) is 3.20. The molecule has 1 atom stereocenters. The van der Waals surface area contributed by atoms with E-state index in [0.29, 0.717) is 19.6 Å². The summed E-state index contributed by atoms with van der Waals surface area (Å²) in [6.45, 7) is 5.78. The second-order valence-corrected chi connectivity index (χ2v) is 8.72. The minimum Gasteiger partial charge on any atom is -0.508 e. The summed E-state index contributed by atoms with van der Waals surface area (Å²) >= 11 is 1.61. The van der Waals surface area contributed by atoms with Gasteiger partial charge in [0.25, 0.3) is 0 Å². The van der Waals surface area contributed by atoms with Crippen LogP contribution in [0.5, 0.6) is 17.2 Å². The van der Waals surface area contributed by atoms with E-state index >= 15 is 0 Å². The van der Waals surface area contributed by atoms with E-state index in [1.54, 1.807) is 23.5 Å². The van der Waals surface area contributed by atoms with Gasteiger partial charge in [-0.1, -0.05) is 6.07 Å². The van der Waals surface area contributed by atoms with Gasteiger partial charge in [0.15, 0.2) is 11.5 Å². The van der Waals surface area contributed by atoms with Crippen molar-refractivity contribution in [1.29, 1.82) is 0 Å². The Balaban J connectivity index is 1.18. The maximum atomic E-state index is 10.7. The first kappa shape index (κ1) is 19.5. The number of hydrogen-bond acceptors (Lipinski definition) is 7. The molecule has 0 radical (unpaired) electrons. The molecule has 1 saturated heterocycles. The van der Waals surface area contributed by atoms with Gasteiger partial charge in [0.05, 0.1) is 11.8 Å². The van der Waals surface area contributed by atoms with Crippen molar-refractivity contribution in [2.75, 3.05) is 50.8 Å². The lowest BCUT2D eigenvalue weighted by molar-refractivity contribution is 0.140. The number of benzene rings is 2. The smallest absolute Gasteiger partial charge is 0.184 e. The molecule has 0 amide bonds. The van der Waals surface area contributed by atoms with Gasteiger partial charge in [0.1, 0.15) is 19.0 Å². The molecule has 3 heterocycles. The molecule has 5 rings (SSSR count). The van der Waals surface area contributed by atoms with Crippen molar-refractivity contribution >= 4 is 27.1 Å². The van der Waals surface area contributed by atoms with Crippen LogP contribution in [0.4, 0.5) is 5.69 Å². The number of phenols is 1. The van der Waals surface area contributed by atoms with E-state index < -0.39 is 6.10 Å². The third kappa shape index (κ3) is 3.80. The number of anilines is 1. The van der Waals surface area contributed by atoms with Crippen LogP contribution in [-0.4, -0.2) is 61.1 Å². The summed E-state index contributed by atoms with van der Waals surface area (Å²) in [6.07, 6.45) is 0.157. The number of aromatic hydroxyl groups is 1. The molecule has 2 aliphatic heterocycles. The molecular formula is C23H26N2O4S. The molecule has 30 heavy (non-hydrogen) atoms. The maximum absolute atomic E-state index is 10.7. The van der Waals surface area contributed by atoms with Gasteiger partial charge < -0.3 is 24.6 Å². The lowest BCUT2D eigenvalue weighted by Gasteiger charge is -2.37. The summed E-state index contributed by atoms with van der Waals surface area (Å²) in [4.78, 5) is 4.76. The Morgan fingerprint density at radius 2 is 1.87 bits per heavy atom. The highest BCUT2D eigenvalue weighted by Gasteiger charge is 2.24. The van der Waals surface area contributed by atoms with E-state index in [2.05, 4.69) is 15.9 Å². The summed E-state index contributed by atoms with van der Waals surface area (Å²) in [7, 11) is 0. The lowest BCUT2D eigenvalue weighted by atomic mass is 10.0. The van der Waals surface area contributed by atoms with Crippen LogP contribution in [-0.2, 0) is 0 Å². The Morgan fingerprint density at radius 3 is 2.73 bits per heavy atom. The van der Waals surface area contributed by atoms with E-state index in [-0.39, 0.29) is 5.75 Å². The zero-order valence-electron chi connectivity index (χ0n) is 16.8. The molecule has 1 aromatic heterocycles. The van der Waals surface area contributed by atoms with Crippen LogP contribution in [0.2, 0.25) is 0 Å². The summed E-state index contributed by atoms with van der Waals surface area (Å²) < 4.78 is 12.7. The summed E-state index contributed by atoms with van der Waals surface area (Å²) in [5.74, 6) is 1.93. The number of ether oxygens (including phenoxy) is 2. The molecule has 0 saturated carbocycles. The molecule has 0 aliphatic carbocycles. The second kappa shape index (κ2) is 8.34. The molecule has 2 aromatic carbocycles. The first-order chi connectivity index (χ1) is 14.7. The molecule has 0 spiro atoms. The van der Waals surface area contributed by atoms with Crippen molar-refractivity contribution < 1.29 is 19.7 Å². The van der Waals surface area contributed by atoms with Gasteiger partial charge >= 0.3 is 0 Å². The molecule has 6 nitrogen and oxygen atoms in total. The van der Waals surface area contributed by atoms with Gasteiger partial charge in [-0.3, -0.25) is 4.90 Å².